The van der Waals surface area contributed by atoms with E-state index in [4.69, 9.17) is 4.74 Å². The van der Waals surface area contributed by atoms with E-state index in [1.165, 1.54) is 26.2 Å². The molecule has 0 bridgehead atoms. The lowest BCUT2D eigenvalue weighted by molar-refractivity contribution is -0.163. The summed E-state index contributed by atoms with van der Waals surface area (Å²) in [7, 11) is 1.75. The molecule has 5 heteroatoms. The highest BCUT2D eigenvalue weighted by Crippen LogP contribution is 2.12. The van der Waals surface area contributed by atoms with Crippen LogP contribution in [0.2, 0.25) is 0 Å². The van der Waals surface area contributed by atoms with Crippen molar-refractivity contribution in [2.45, 2.75) is 77.4 Å². The standard InChI is InChI=1S/C16H31NO4/c1-4-5-6-7-8-9-10-15(13(2)18)21-16(20)14(19)11-12-17-3/h14-15,17,19H,4-12H2,1-3H3/t14-,15+/m0/s1. The average molecular weight is 301 g/mol. The number of carbonyl (C=O) groups is 2. The maximum Gasteiger partial charge on any atom is 0.335 e. The van der Waals surface area contributed by atoms with Crippen LogP contribution in [0.25, 0.3) is 0 Å². The summed E-state index contributed by atoms with van der Waals surface area (Å²) in [5.41, 5.74) is 0. The second-order valence-electron chi connectivity index (χ2n) is 5.50. The Morgan fingerprint density at radius 3 is 2.29 bits per heavy atom. The number of aliphatic hydroxyl groups is 1. The van der Waals surface area contributed by atoms with Crippen LogP contribution in [0.4, 0.5) is 0 Å². The van der Waals surface area contributed by atoms with Gasteiger partial charge in [-0.2, -0.15) is 0 Å². The highest BCUT2D eigenvalue weighted by molar-refractivity contribution is 5.84. The Hall–Kier alpha value is -0.940. The maximum absolute atomic E-state index is 11.7. The lowest BCUT2D eigenvalue weighted by atomic mass is 10.1. The van der Waals surface area contributed by atoms with Crippen LogP contribution < -0.4 is 5.32 Å². The molecule has 0 saturated heterocycles. The monoisotopic (exact) mass is 301 g/mol. The Morgan fingerprint density at radius 2 is 1.71 bits per heavy atom. The lowest BCUT2D eigenvalue weighted by Crippen LogP contribution is -2.33. The van der Waals surface area contributed by atoms with Gasteiger partial charge < -0.3 is 15.2 Å². The van der Waals surface area contributed by atoms with E-state index in [0.717, 1.165) is 19.3 Å². The van der Waals surface area contributed by atoms with Crippen LogP contribution in [0.5, 0.6) is 0 Å². The second kappa shape index (κ2) is 12.8. The van der Waals surface area contributed by atoms with E-state index >= 15 is 0 Å². The molecule has 2 N–H and O–H groups in total. The van der Waals surface area contributed by atoms with Gasteiger partial charge in [-0.15, -0.1) is 0 Å². The molecule has 21 heavy (non-hydrogen) atoms. The molecule has 0 aliphatic heterocycles. The predicted molar refractivity (Wildman–Crippen MR) is 83.1 cm³/mol. The molecule has 2 atom stereocenters. The maximum atomic E-state index is 11.7. The average Bonchev–Trinajstić information content (AvgIpc) is 2.46. The van der Waals surface area contributed by atoms with Gasteiger partial charge >= 0.3 is 5.97 Å². The summed E-state index contributed by atoms with van der Waals surface area (Å²) in [5, 5.41) is 12.5. The summed E-state index contributed by atoms with van der Waals surface area (Å²) in [6, 6.07) is 0. The molecule has 0 aromatic carbocycles. The fourth-order valence-electron chi connectivity index (χ4n) is 2.07. The lowest BCUT2D eigenvalue weighted by Gasteiger charge is -2.17. The zero-order valence-corrected chi connectivity index (χ0v) is 13.7. The minimum Gasteiger partial charge on any atom is -0.452 e. The van der Waals surface area contributed by atoms with Crippen LogP contribution in [0.15, 0.2) is 0 Å². The van der Waals surface area contributed by atoms with Crippen molar-refractivity contribution in [3.05, 3.63) is 0 Å². The summed E-state index contributed by atoms with van der Waals surface area (Å²) >= 11 is 0. The van der Waals surface area contributed by atoms with Crippen LogP contribution in [-0.2, 0) is 14.3 Å². The van der Waals surface area contributed by atoms with Gasteiger partial charge in [0.1, 0.15) is 0 Å². The van der Waals surface area contributed by atoms with Crippen molar-refractivity contribution < 1.29 is 19.4 Å². The largest absolute Gasteiger partial charge is 0.452 e. The molecule has 0 spiro atoms. The van der Waals surface area contributed by atoms with E-state index in [1.54, 1.807) is 7.05 Å². The van der Waals surface area contributed by atoms with Crippen molar-refractivity contribution in [2.75, 3.05) is 13.6 Å². The fourth-order valence-corrected chi connectivity index (χ4v) is 2.07. The third kappa shape index (κ3) is 10.4. The zero-order valence-electron chi connectivity index (χ0n) is 13.7. The van der Waals surface area contributed by atoms with Crippen LogP contribution in [0, 0.1) is 0 Å². The second-order valence-corrected chi connectivity index (χ2v) is 5.50. The fraction of sp³-hybridized carbons (Fsp3) is 0.875. The number of aliphatic hydroxyl groups excluding tert-OH is 1. The summed E-state index contributed by atoms with van der Waals surface area (Å²) < 4.78 is 5.13. The van der Waals surface area contributed by atoms with Gasteiger partial charge in [-0.05, 0) is 39.8 Å². The van der Waals surface area contributed by atoms with Gasteiger partial charge in [0.2, 0.25) is 0 Å². The van der Waals surface area contributed by atoms with Crippen molar-refractivity contribution in [3.8, 4) is 0 Å². The number of carbonyl (C=O) groups excluding carboxylic acids is 2. The first kappa shape index (κ1) is 20.1. The smallest absolute Gasteiger partial charge is 0.335 e. The van der Waals surface area contributed by atoms with Gasteiger partial charge in [0.25, 0.3) is 0 Å². The summed E-state index contributed by atoms with van der Waals surface area (Å²) in [4.78, 5) is 23.2. The quantitative estimate of drug-likeness (QED) is 0.403. The molecule has 0 heterocycles. The highest BCUT2D eigenvalue weighted by Gasteiger charge is 2.23. The number of nitrogens with one attached hydrogen (secondary N) is 1. The number of hydrogen-bond acceptors (Lipinski definition) is 5. The SMILES string of the molecule is CCCCCCCC[C@@H](OC(=O)[C@@H](O)CCNC)C(C)=O. The van der Waals surface area contributed by atoms with Gasteiger partial charge in [-0.3, -0.25) is 4.79 Å². The first-order chi connectivity index (χ1) is 10.0. The van der Waals surface area contributed by atoms with Crippen molar-refractivity contribution in [1.29, 1.82) is 0 Å². The van der Waals surface area contributed by atoms with E-state index < -0.39 is 18.2 Å². The van der Waals surface area contributed by atoms with Crippen molar-refractivity contribution in [3.63, 3.8) is 0 Å². The highest BCUT2D eigenvalue weighted by atomic mass is 16.6. The number of unbranched alkanes of at least 4 members (excludes halogenated alkanes) is 5. The molecule has 0 aromatic heterocycles. The third-order valence-electron chi connectivity index (χ3n) is 3.47. The number of hydrogen-bond donors (Lipinski definition) is 2. The molecule has 0 fully saturated rings. The van der Waals surface area contributed by atoms with Gasteiger partial charge in [-0.1, -0.05) is 39.0 Å². The van der Waals surface area contributed by atoms with Crippen LogP contribution in [0.3, 0.4) is 0 Å². The minimum absolute atomic E-state index is 0.155. The normalized spacial score (nSPS) is 13.7. The molecule has 124 valence electrons. The molecule has 0 rings (SSSR count). The molecule has 0 saturated carbocycles. The summed E-state index contributed by atoms with van der Waals surface area (Å²) in [5.74, 6) is -0.853. The molecule has 0 amide bonds. The molecule has 0 radical (unpaired) electrons. The summed E-state index contributed by atoms with van der Waals surface area (Å²) in [6.45, 7) is 4.12. The number of ether oxygens (including phenoxy) is 1. The predicted octanol–water partition coefficient (Wildman–Crippen LogP) is 2.21. The topological polar surface area (TPSA) is 75.6 Å². The Balaban J connectivity index is 4.01. The Kier molecular flexibility index (Phi) is 12.2. The van der Waals surface area contributed by atoms with Gasteiger partial charge in [0.15, 0.2) is 18.0 Å². The molecule has 0 aromatic rings. The number of ketones is 1. The Bertz CT molecular complexity index is 294. The summed E-state index contributed by atoms with van der Waals surface area (Å²) in [6.07, 6.45) is 5.68. The molecular formula is C16H31NO4. The minimum atomic E-state index is -1.16. The van der Waals surface area contributed by atoms with Crippen LogP contribution in [-0.4, -0.2) is 42.7 Å². The zero-order chi connectivity index (χ0) is 16.1. The van der Waals surface area contributed by atoms with Crippen LogP contribution >= 0.6 is 0 Å². The van der Waals surface area contributed by atoms with E-state index in [9.17, 15) is 14.7 Å². The number of esters is 1. The van der Waals surface area contributed by atoms with E-state index in [2.05, 4.69) is 12.2 Å². The molecule has 0 unspecified atom stereocenters. The van der Waals surface area contributed by atoms with Crippen LogP contribution in [0.1, 0.15) is 65.2 Å². The van der Waals surface area contributed by atoms with E-state index in [1.807, 2.05) is 0 Å². The molecule has 5 nitrogen and oxygen atoms in total. The first-order valence-electron chi connectivity index (χ1n) is 8.06. The van der Waals surface area contributed by atoms with Gasteiger partial charge in [-0.25, -0.2) is 4.79 Å². The number of Topliss-reactive ketones (excluding diaryl/α,β-unsaturated/α-hetero) is 1. The van der Waals surface area contributed by atoms with Crippen molar-refractivity contribution >= 4 is 11.8 Å². The van der Waals surface area contributed by atoms with Gasteiger partial charge in [0, 0.05) is 0 Å². The van der Waals surface area contributed by atoms with E-state index in [-0.39, 0.29) is 12.2 Å². The first-order valence-corrected chi connectivity index (χ1v) is 8.06. The molecule has 0 aliphatic carbocycles. The van der Waals surface area contributed by atoms with E-state index in [0.29, 0.717) is 13.0 Å². The Morgan fingerprint density at radius 1 is 1.10 bits per heavy atom. The van der Waals surface area contributed by atoms with Gasteiger partial charge in [0.05, 0.1) is 0 Å². The Labute approximate surface area is 128 Å². The van der Waals surface area contributed by atoms with Crippen molar-refractivity contribution in [1.82, 2.24) is 5.32 Å². The molecular weight excluding hydrogens is 270 g/mol. The number of rotatable bonds is 13. The third-order valence-corrected chi connectivity index (χ3v) is 3.47. The van der Waals surface area contributed by atoms with Crippen molar-refractivity contribution in [2.24, 2.45) is 0 Å². The molecule has 0 aliphatic rings.